The molecule has 0 radical (unpaired) electrons. The van der Waals surface area contributed by atoms with Gasteiger partial charge in [-0.05, 0) is 44.9 Å². The molecule has 0 rings (SSSR count). The molecule has 0 saturated heterocycles. The van der Waals surface area contributed by atoms with Crippen molar-refractivity contribution in [1.82, 2.24) is 5.32 Å². The number of carbonyl (C=O) groups is 1. The van der Waals surface area contributed by atoms with Crippen molar-refractivity contribution in [3.05, 3.63) is 36.5 Å². The standard InChI is InChI=1S/C28H53N2O6P/c1-6-8-9-10-11-12-13-14-15-16-17-18-19-20-22-27(31)26(29-28(32)21-7-2)25-36-37(33,34)35-24-23-30(3,4)5/h12-13,16-17,20,22,26-27,31H,6-11,14-15,18-19,21,23-25H2,1-5H3,(H-,29,32,33,34)/p+1/b13-12+,17-16+,22-20+. The fourth-order valence-electron chi connectivity index (χ4n) is 3.29. The van der Waals surface area contributed by atoms with Gasteiger partial charge in [0.25, 0.3) is 0 Å². The molecule has 0 bridgehead atoms. The van der Waals surface area contributed by atoms with Gasteiger partial charge in [0.2, 0.25) is 5.91 Å². The number of unbranched alkanes of at least 4 members (excludes halogenated alkanes) is 6. The summed E-state index contributed by atoms with van der Waals surface area (Å²) >= 11 is 0. The zero-order valence-electron chi connectivity index (χ0n) is 23.9. The van der Waals surface area contributed by atoms with Crippen molar-refractivity contribution in [1.29, 1.82) is 0 Å². The third-order valence-electron chi connectivity index (χ3n) is 5.56. The van der Waals surface area contributed by atoms with E-state index in [2.05, 4.69) is 36.5 Å². The zero-order valence-corrected chi connectivity index (χ0v) is 24.8. The Morgan fingerprint density at radius 3 is 2.05 bits per heavy atom. The average Bonchev–Trinajstić information content (AvgIpc) is 2.81. The Balaban J connectivity index is 4.49. The largest absolute Gasteiger partial charge is 0.472 e. The van der Waals surface area contributed by atoms with Gasteiger partial charge in [0, 0.05) is 6.42 Å². The molecule has 37 heavy (non-hydrogen) atoms. The highest BCUT2D eigenvalue weighted by Gasteiger charge is 2.27. The van der Waals surface area contributed by atoms with E-state index in [9.17, 15) is 19.4 Å². The summed E-state index contributed by atoms with van der Waals surface area (Å²) in [5.41, 5.74) is 0. The molecule has 3 atom stereocenters. The third kappa shape index (κ3) is 23.6. The molecule has 0 aliphatic heterocycles. The number of phosphoric ester groups is 1. The van der Waals surface area contributed by atoms with Crippen molar-refractivity contribution >= 4 is 13.7 Å². The van der Waals surface area contributed by atoms with Gasteiger partial charge in [-0.15, -0.1) is 0 Å². The number of carbonyl (C=O) groups excluding carboxylic acids is 1. The zero-order chi connectivity index (χ0) is 28.0. The number of amides is 1. The monoisotopic (exact) mass is 545 g/mol. The number of quaternary nitrogens is 1. The molecular weight excluding hydrogens is 491 g/mol. The van der Waals surface area contributed by atoms with Crippen molar-refractivity contribution in [2.75, 3.05) is 40.9 Å². The minimum Gasteiger partial charge on any atom is -0.387 e. The number of hydrogen-bond donors (Lipinski definition) is 3. The van der Waals surface area contributed by atoms with Crippen LogP contribution in [0.25, 0.3) is 0 Å². The minimum atomic E-state index is -4.30. The highest BCUT2D eigenvalue weighted by Crippen LogP contribution is 2.43. The first kappa shape index (κ1) is 35.7. The van der Waals surface area contributed by atoms with E-state index in [1.165, 1.54) is 32.1 Å². The van der Waals surface area contributed by atoms with Crippen LogP contribution in [0.1, 0.15) is 84.5 Å². The van der Waals surface area contributed by atoms with Gasteiger partial charge in [-0.25, -0.2) is 4.57 Å². The fourth-order valence-corrected chi connectivity index (χ4v) is 4.02. The SMILES string of the molecule is CCCCCC/C=C/CC/C=C/CC/C=C/C(O)C(COP(=O)(O)OCC[N+](C)(C)C)NC(=O)CCC. The molecule has 0 spiro atoms. The Morgan fingerprint density at radius 1 is 0.892 bits per heavy atom. The van der Waals surface area contributed by atoms with Gasteiger partial charge in [0.1, 0.15) is 13.2 Å². The van der Waals surface area contributed by atoms with Crippen LogP contribution >= 0.6 is 7.82 Å². The predicted molar refractivity (Wildman–Crippen MR) is 152 cm³/mol. The van der Waals surface area contributed by atoms with Gasteiger partial charge in [-0.2, -0.15) is 0 Å². The number of aliphatic hydroxyl groups excluding tert-OH is 1. The number of likely N-dealkylation sites (N-methyl/N-ethyl adjacent to an activating group) is 1. The Hall–Kier alpha value is -1.28. The predicted octanol–water partition coefficient (Wildman–Crippen LogP) is 5.67. The molecule has 0 heterocycles. The molecule has 0 saturated carbocycles. The van der Waals surface area contributed by atoms with Crippen LogP contribution in [0.3, 0.4) is 0 Å². The van der Waals surface area contributed by atoms with Crippen molar-refractivity contribution in [3.63, 3.8) is 0 Å². The first-order valence-corrected chi connectivity index (χ1v) is 15.4. The van der Waals surface area contributed by atoms with E-state index in [0.717, 1.165) is 25.7 Å². The quantitative estimate of drug-likeness (QED) is 0.0661. The van der Waals surface area contributed by atoms with Crippen LogP contribution in [-0.2, 0) is 18.4 Å². The second-order valence-electron chi connectivity index (χ2n) is 10.4. The van der Waals surface area contributed by atoms with Crippen molar-refractivity contribution < 1.29 is 32.9 Å². The molecule has 1 amide bonds. The number of phosphoric acid groups is 1. The molecule has 0 aromatic rings. The number of rotatable bonds is 23. The number of nitrogens with zero attached hydrogens (tertiary/aromatic N) is 1. The summed E-state index contributed by atoms with van der Waals surface area (Å²) in [4.78, 5) is 22.1. The lowest BCUT2D eigenvalue weighted by Gasteiger charge is -2.25. The van der Waals surface area contributed by atoms with Gasteiger partial charge in [-0.1, -0.05) is 69.6 Å². The topological polar surface area (TPSA) is 105 Å². The van der Waals surface area contributed by atoms with Crippen LogP contribution in [0.2, 0.25) is 0 Å². The maximum Gasteiger partial charge on any atom is 0.472 e. The lowest BCUT2D eigenvalue weighted by Crippen LogP contribution is -2.45. The molecule has 0 aromatic carbocycles. The molecule has 8 nitrogen and oxygen atoms in total. The molecular formula is C28H54N2O6P+. The summed E-state index contributed by atoms with van der Waals surface area (Å²) < 4.78 is 22.9. The summed E-state index contributed by atoms with van der Waals surface area (Å²) in [5.74, 6) is -0.250. The summed E-state index contributed by atoms with van der Waals surface area (Å²) in [6.07, 6.45) is 22.2. The van der Waals surface area contributed by atoms with Crippen LogP contribution in [0.15, 0.2) is 36.5 Å². The summed E-state index contributed by atoms with van der Waals surface area (Å²) in [6.45, 7) is 4.34. The van der Waals surface area contributed by atoms with Gasteiger partial charge >= 0.3 is 7.82 Å². The molecule has 216 valence electrons. The summed E-state index contributed by atoms with van der Waals surface area (Å²) in [5, 5.41) is 13.3. The maximum atomic E-state index is 12.2. The molecule has 0 fully saturated rings. The first-order valence-electron chi connectivity index (χ1n) is 13.9. The molecule has 0 aliphatic carbocycles. The summed E-state index contributed by atoms with van der Waals surface area (Å²) in [6, 6.07) is -0.859. The number of aliphatic hydroxyl groups is 1. The van der Waals surface area contributed by atoms with Crippen molar-refractivity contribution in [2.24, 2.45) is 0 Å². The van der Waals surface area contributed by atoms with E-state index in [4.69, 9.17) is 9.05 Å². The number of nitrogens with one attached hydrogen (secondary N) is 1. The van der Waals surface area contributed by atoms with E-state index < -0.39 is 20.0 Å². The third-order valence-corrected chi connectivity index (χ3v) is 6.54. The molecule has 9 heteroatoms. The van der Waals surface area contributed by atoms with Crippen LogP contribution < -0.4 is 5.32 Å². The van der Waals surface area contributed by atoms with Gasteiger partial charge in [-0.3, -0.25) is 13.8 Å². The normalized spacial score (nSPS) is 16.0. The molecule has 0 aromatic heterocycles. The van der Waals surface area contributed by atoms with E-state index >= 15 is 0 Å². The van der Waals surface area contributed by atoms with Crippen molar-refractivity contribution in [2.45, 2.75) is 96.6 Å². The van der Waals surface area contributed by atoms with Crippen LogP contribution in [0, 0.1) is 0 Å². The van der Waals surface area contributed by atoms with Gasteiger partial charge in [0.15, 0.2) is 0 Å². The van der Waals surface area contributed by atoms with E-state index in [-0.39, 0.29) is 19.1 Å². The lowest BCUT2D eigenvalue weighted by atomic mass is 10.1. The Labute approximate surface area is 226 Å². The summed E-state index contributed by atoms with van der Waals surface area (Å²) in [7, 11) is 1.53. The van der Waals surface area contributed by atoms with Crippen LogP contribution in [0.5, 0.6) is 0 Å². The fraction of sp³-hybridized carbons (Fsp3) is 0.750. The molecule has 0 aliphatic rings. The second-order valence-corrected chi connectivity index (χ2v) is 11.9. The highest BCUT2D eigenvalue weighted by atomic mass is 31.2. The minimum absolute atomic E-state index is 0.0510. The Bertz CT molecular complexity index is 718. The maximum absolute atomic E-state index is 12.2. The Kier molecular flexibility index (Phi) is 20.9. The van der Waals surface area contributed by atoms with Crippen LogP contribution in [-0.4, -0.2) is 73.4 Å². The van der Waals surface area contributed by atoms with E-state index in [1.54, 1.807) is 6.08 Å². The highest BCUT2D eigenvalue weighted by molar-refractivity contribution is 7.47. The van der Waals surface area contributed by atoms with Gasteiger partial charge < -0.3 is 19.8 Å². The second kappa shape index (κ2) is 21.6. The number of allylic oxidation sites excluding steroid dienone is 5. The molecule has 3 unspecified atom stereocenters. The first-order chi connectivity index (χ1) is 17.5. The average molecular weight is 546 g/mol. The van der Waals surface area contributed by atoms with E-state index in [1.807, 2.05) is 34.1 Å². The van der Waals surface area contributed by atoms with Crippen molar-refractivity contribution in [3.8, 4) is 0 Å². The number of hydrogen-bond acceptors (Lipinski definition) is 5. The Morgan fingerprint density at radius 2 is 1.49 bits per heavy atom. The molecule has 3 N–H and O–H groups in total. The lowest BCUT2D eigenvalue weighted by molar-refractivity contribution is -0.870. The van der Waals surface area contributed by atoms with Gasteiger partial charge in [0.05, 0.1) is 39.9 Å². The van der Waals surface area contributed by atoms with Crippen LogP contribution in [0.4, 0.5) is 0 Å². The van der Waals surface area contributed by atoms with E-state index in [0.29, 0.717) is 23.9 Å². The smallest absolute Gasteiger partial charge is 0.387 e.